The number of carboxylic acids is 5. The lowest BCUT2D eigenvalue weighted by molar-refractivity contribution is -0.150. The van der Waals surface area contributed by atoms with Crippen LogP contribution in [0.1, 0.15) is 36.4 Å². The van der Waals surface area contributed by atoms with E-state index in [2.05, 4.69) is 11.1 Å². The first-order chi connectivity index (χ1) is 20.3. The van der Waals surface area contributed by atoms with Crippen LogP contribution in [-0.4, -0.2) is 77.0 Å². The summed E-state index contributed by atoms with van der Waals surface area (Å²) in [6.07, 6.45) is -0.504. The van der Waals surface area contributed by atoms with Crippen molar-refractivity contribution in [2.45, 2.75) is 37.8 Å². The van der Waals surface area contributed by atoms with Crippen LogP contribution in [0.3, 0.4) is 0 Å². The molecule has 0 spiro atoms. The van der Waals surface area contributed by atoms with Gasteiger partial charge in [0.2, 0.25) is 11.5 Å². The Labute approximate surface area is 250 Å². The Morgan fingerprint density at radius 1 is 0.750 bits per heavy atom. The zero-order chi connectivity index (χ0) is 34.5. The summed E-state index contributed by atoms with van der Waals surface area (Å²) in [6.45, 7) is 2.73. The van der Waals surface area contributed by atoms with E-state index in [0.717, 1.165) is 11.1 Å². The normalized spacial score (nSPS) is 11.2. The number of carbonyl (C=O) groups excluding carboxylic acids is 1. The third-order valence-corrected chi connectivity index (χ3v) is 4.97. The fraction of sp³-hybridized carbons (Fsp3) is 0.231. The number of nitrogens with two attached hydrogens (primary N) is 2. The summed E-state index contributed by atoms with van der Waals surface area (Å²) in [5, 5.41) is 40.9. The van der Waals surface area contributed by atoms with E-state index in [4.69, 9.17) is 46.8 Å². The van der Waals surface area contributed by atoms with Crippen LogP contribution in [0, 0.1) is 0 Å². The molecule has 1 unspecified atom stereocenters. The third kappa shape index (κ3) is 23.7. The van der Waals surface area contributed by atoms with Gasteiger partial charge < -0.3 is 41.5 Å². The Morgan fingerprint density at radius 2 is 1.23 bits per heavy atom. The van der Waals surface area contributed by atoms with Gasteiger partial charge in [0, 0.05) is 12.5 Å². The third-order valence-electron chi connectivity index (χ3n) is 4.51. The number of ketones is 1. The number of phosphoric ester groups is 1. The van der Waals surface area contributed by atoms with Gasteiger partial charge in [-0.25, -0.2) is 14.2 Å². The van der Waals surface area contributed by atoms with Gasteiger partial charge in [-0.3, -0.25) is 29.0 Å². The minimum absolute atomic E-state index is 0.0238. The van der Waals surface area contributed by atoms with E-state index in [-0.39, 0.29) is 6.42 Å². The highest BCUT2D eigenvalue weighted by Crippen LogP contribution is 2.38. The number of hydrogen-bond donors (Lipinski definition) is 9. The summed E-state index contributed by atoms with van der Waals surface area (Å²) in [4.78, 5) is 76.2. The Morgan fingerprint density at radius 3 is 1.57 bits per heavy atom. The van der Waals surface area contributed by atoms with Gasteiger partial charge in [0.1, 0.15) is 6.04 Å². The van der Waals surface area contributed by atoms with Crippen LogP contribution in [0.2, 0.25) is 0 Å². The lowest BCUT2D eigenvalue weighted by Gasteiger charge is -2.07. The van der Waals surface area contributed by atoms with Crippen molar-refractivity contribution in [2.75, 3.05) is 0 Å². The number of benzene rings is 2. The highest BCUT2D eigenvalue weighted by molar-refractivity contribution is 7.46. The molecule has 242 valence electrons. The maximum Gasteiger partial charge on any atom is 0.525 e. The maximum atomic E-state index is 10.4. The summed E-state index contributed by atoms with van der Waals surface area (Å²) in [7, 11) is -4.76. The monoisotopic (exact) mass is 644 g/mol. The number of aliphatic carboxylic acids is 5. The Kier molecular flexibility index (Phi) is 20.3. The fourth-order valence-electron chi connectivity index (χ4n) is 2.47. The number of rotatable bonds is 13. The van der Waals surface area contributed by atoms with E-state index in [1.165, 1.54) is 0 Å². The average molecular weight is 645 g/mol. The van der Waals surface area contributed by atoms with Gasteiger partial charge in [-0.1, -0.05) is 60.7 Å². The topological polar surface area (TPSA) is 322 Å². The van der Waals surface area contributed by atoms with Gasteiger partial charge in [0.15, 0.2) is 0 Å². The maximum absolute atomic E-state index is 10.4. The molecule has 44 heavy (non-hydrogen) atoms. The summed E-state index contributed by atoms with van der Waals surface area (Å²) in [5.41, 5.74) is 12.8. The van der Waals surface area contributed by atoms with Crippen LogP contribution in [0.15, 0.2) is 73.0 Å². The van der Waals surface area contributed by atoms with Gasteiger partial charge in [0.25, 0.3) is 0 Å². The predicted molar refractivity (Wildman–Crippen MR) is 151 cm³/mol. The van der Waals surface area contributed by atoms with Crippen molar-refractivity contribution < 1.29 is 73.2 Å². The molecule has 0 saturated heterocycles. The zero-order valence-corrected chi connectivity index (χ0v) is 23.9. The number of carbonyl (C=O) groups is 6. The summed E-state index contributed by atoms with van der Waals surface area (Å²) < 4.78 is 13.5. The van der Waals surface area contributed by atoms with E-state index >= 15 is 0 Å². The van der Waals surface area contributed by atoms with Crippen LogP contribution < -0.4 is 11.5 Å². The van der Waals surface area contributed by atoms with Gasteiger partial charge in [-0.05, 0) is 24.1 Å². The molecule has 0 aliphatic rings. The molecule has 0 aromatic heterocycles. The molecule has 0 aliphatic carbocycles. The molecule has 0 amide bonds. The second-order valence-electron chi connectivity index (χ2n) is 8.18. The SMILES string of the molecule is C=C(OP(=O)(O)O)C(=O)O.NC(CC(=O)O)c1ccccc1.N[C@@H](Cc1ccccc1)C(=O)O.O=C(O)CCC(=O)C(=O)O. The quantitative estimate of drug-likeness (QED) is 0.0635. The lowest BCUT2D eigenvalue weighted by atomic mass is 10.1. The first-order valence-corrected chi connectivity index (χ1v) is 13.5. The van der Waals surface area contributed by atoms with Crippen LogP contribution in [0.4, 0.5) is 0 Å². The highest BCUT2D eigenvalue weighted by Gasteiger charge is 2.20. The van der Waals surface area contributed by atoms with E-state index in [9.17, 15) is 33.3 Å². The van der Waals surface area contributed by atoms with Crippen LogP contribution in [0.25, 0.3) is 0 Å². The Balaban J connectivity index is 0. The molecule has 0 bridgehead atoms. The molecule has 0 aliphatic heterocycles. The molecule has 0 heterocycles. The fourth-order valence-corrected chi connectivity index (χ4v) is 2.84. The zero-order valence-electron chi connectivity index (χ0n) is 23.0. The molecular weight excluding hydrogens is 611 g/mol. The molecular formula is C26H33N2O15P. The largest absolute Gasteiger partial charge is 0.525 e. The number of hydrogen-bond acceptors (Lipinski definition) is 10. The van der Waals surface area contributed by atoms with Crippen molar-refractivity contribution in [3.8, 4) is 0 Å². The molecule has 11 N–H and O–H groups in total. The molecule has 2 atom stereocenters. The van der Waals surface area contributed by atoms with Gasteiger partial charge >= 0.3 is 37.7 Å². The summed E-state index contributed by atoms with van der Waals surface area (Å²) in [5.74, 6) is -8.24. The summed E-state index contributed by atoms with van der Waals surface area (Å²) >= 11 is 0. The molecule has 0 fully saturated rings. The average Bonchev–Trinajstić information content (AvgIpc) is 2.92. The molecule has 0 radical (unpaired) electrons. The standard InChI is InChI=1S/2C9H11NO2.C5H6O5.C3H5O6P/c10-8(6-9(11)12)7-4-2-1-3-5-7;10-8(9(11)12)6-7-4-2-1-3-5-7;6-3(5(9)10)1-2-4(7)8;1-2(3(4)5)9-10(6,7)8/h2*1-5,8H,6,10H2,(H,11,12);1-2H2,(H,7,8)(H,9,10);1H2,(H,4,5)(H2,6,7,8)/t;8-;;/m.0../s1. The molecule has 17 nitrogen and oxygen atoms in total. The minimum atomic E-state index is -4.76. The molecule has 0 saturated carbocycles. The van der Waals surface area contributed by atoms with Crippen LogP contribution >= 0.6 is 7.82 Å². The number of Topliss-reactive ketones (excluding diaryl/α,β-unsaturated/α-hetero) is 1. The van der Waals surface area contributed by atoms with Crippen molar-refractivity contribution in [1.29, 1.82) is 0 Å². The second kappa shape index (κ2) is 21.7. The van der Waals surface area contributed by atoms with Gasteiger partial charge in [-0.15, -0.1) is 0 Å². The lowest BCUT2D eigenvalue weighted by Crippen LogP contribution is -2.32. The van der Waals surface area contributed by atoms with E-state index < -0.39 is 74.1 Å². The molecule has 2 aromatic rings. The predicted octanol–water partition coefficient (Wildman–Crippen LogP) is 1.00. The molecule has 18 heteroatoms. The summed E-state index contributed by atoms with van der Waals surface area (Å²) in [6, 6.07) is 17.4. The smallest absolute Gasteiger partial charge is 0.481 e. The Hall–Kier alpha value is -4.93. The van der Waals surface area contributed by atoms with Crippen molar-refractivity contribution in [1.82, 2.24) is 0 Å². The van der Waals surface area contributed by atoms with Crippen molar-refractivity contribution >= 4 is 43.5 Å². The number of carboxylic acid groups (broad SMARTS) is 5. The molecule has 2 aromatic carbocycles. The van der Waals surface area contributed by atoms with Crippen molar-refractivity contribution in [3.05, 3.63) is 84.1 Å². The van der Waals surface area contributed by atoms with E-state index in [1.807, 2.05) is 60.7 Å². The highest BCUT2D eigenvalue weighted by atomic mass is 31.2. The second-order valence-corrected chi connectivity index (χ2v) is 9.35. The first-order valence-electron chi connectivity index (χ1n) is 12.0. The van der Waals surface area contributed by atoms with Crippen LogP contribution in [0.5, 0.6) is 0 Å². The van der Waals surface area contributed by atoms with E-state index in [1.54, 1.807) is 0 Å². The van der Waals surface area contributed by atoms with Crippen LogP contribution in [-0.2, 0) is 44.3 Å². The van der Waals surface area contributed by atoms with Gasteiger partial charge in [0.05, 0.1) is 12.8 Å². The Bertz CT molecular complexity index is 1300. The van der Waals surface area contributed by atoms with Gasteiger partial charge in [-0.2, -0.15) is 0 Å². The van der Waals surface area contributed by atoms with E-state index in [0.29, 0.717) is 6.42 Å². The molecule has 2 rings (SSSR count). The minimum Gasteiger partial charge on any atom is -0.481 e. The first kappa shape index (κ1) is 41.2. The number of phosphoric acid groups is 1. The van der Waals surface area contributed by atoms with Crippen molar-refractivity contribution in [2.24, 2.45) is 11.5 Å². The van der Waals surface area contributed by atoms with Crippen molar-refractivity contribution in [3.63, 3.8) is 0 Å².